The number of alkyl halides is 3. The Hall–Kier alpha value is -1.26. The van der Waals surface area contributed by atoms with Crippen molar-refractivity contribution in [3.63, 3.8) is 0 Å². The molecule has 0 radical (unpaired) electrons. The zero-order chi connectivity index (χ0) is 17.0. The maximum Gasteiger partial charge on any atom is 0.405 e. The molecule has 2 aliphatic heterocycles. The minimum Gasteiger partial charge on any atom is -0.352 e. The molecule has 0 spiro atoms. The molecule has 2 fully saturated rings. The van der Waals surface area contributed by atoms with Gasteiger partial charge in [-0.05, 0) is 12.8 Å². The van der Waals surface area contributed by atoms with Crippen LogP contribution in [-0.2, 0) is 4.79 Å². The van der Waals surface area contributed by atoms with E-state index in [9.17, 15) is 22.8 Å². The number of hydrogen-bond donors (Lipinski definition) is 3. The molecule has 3 amide bonds. The molecule has 2 aliphatic rings. The summed E-state index contributed by atoms with van der Waals surface area (Å²) in [5.74, 6) is -0.578. The molecule has 0 bridgehead atoms. The summed E-state index contributed by atoms with van der Waals surface area (Å²) in [4.78, 5) is 25.9. The third kappa shape index (κ3) is 5.12. The number of primary amides is 1. The number of carbonyl (C=O) groups excluding carboxylic acids is 2. The second kappa shape index (κ2) is 8.72. The first kappa shape index (κ1) is 20.8. The van der Waals surface area contributed by atoms with Crippen molar-refractivity contribution in [1.82, 2.24) is 20.4 Å². The molecular weight excluding hydrogens is 351 g/mol. The van der Waals surface area contributed by atoms with E-state index < -0.39 is 36.7 Å². The van der Waals surface area contributed by atoms with Gasteiger partial charge in [0.15, 0.2) is 0 Å². The summed E-state index contributed by atoms with van der Waals surface area (Å²) in [6, 6.07) is -3.22. The van der Waals surface area contributed by atoms with Gasteiger partial charge in [0, 0.05) is 39.3 Å². The topological polar surface area (TPSA) is 90.7 Å². The number of likely N-dealkylation sites (tertiary alicyclic amines) is 1. The predicted molar refractivity (Wildman–Crippen MR) is 83.9 cm³/mol. The van der Waals surface area contributed by atoms with Crippen LogP contribution < -0.4 is 16.4 Å². The third-order valence-corrected chi connectivity index (χ3v) is 4.28. The fourth-order valence-electron chi connectivity index (χ4n) is 3.06. The number of nitrogens with zero attached hydrogens (tertiary/aromatic N) is 2. The number of nitrogens with two attached hydrogens (primary N) is 1. The van der Waals surface area contributed by atoms with Crippen LogP contribution in [0.25, 0.3) is 0 Å². The van der Waals surface area contributed by atoms with E-state index in [-0.39, 0.29) is 25.5 Å². The van der Waals surface area contributed by atoms with Crippen LogP contribution in [0, 0.1) is 0 Å². The molecule has 24 heavy (non-hydrogen) atoms. The lowest BCUT2D eigenvalue weighted by Crippen LogP contribution is -2.58. The second-order valence-electron chi connectivity index (χ2n) is 5.78. The molecule has 0 aromatic carbocycles. The maximum absolute atomic E-state index is 13.2. The highest BCUT2D eigenvalue weighted by Crippen LogP contribution is 2.25. The monoisotopic (exact) mass is 373 g/mol. The Bertz CT molecular complexity index is 446. The number of amides is 3. The predicted octanol–water partition coefficient (Wildman–Crippen LogP) is -0.0964. The van der Waals surface area contributed by atoms with Crippen LogP contribution in [0.1, 0.15) is 12.8 Å². The van der Waals surface area contributed by atoms with E-state index in [0.717, 1.165) is 0 Å². The quantitative estimate of drug-likeness (QED) is 0.642. The van der Waals surface area contributed by atoms with Crippen LogP contribution in [0.15, 0.2) is 0 Å². The van der Waals surface area contributed by atoms with Crippen molar-refractivity contribution < 1.29 is 22.8 Å². The molecule has 2 atom stereocenters. The molecule has 2 heterocycles. The lowest BCUT2D eigenvalue weighted by molar-refractivity contribution is -0.184. The molecule has 0 saturated carbocycles. The zero-order valence-electron chi connectivity index (χ0n) is 13.1. The molecule has 7 nitrogen and oxygen atoms in total. The van der Waals surface area contributed by atoms with E-state index in [1.165, 1.54) is 9.80 Å². The number of halogens is 4. The highest BCUT2D eigenvalue weighted by molar-refractivity contribution is 5.87. The molecule has 140 valence electrons. The Kier molecular flexibility index (Phi) is 7.56. The van der Waals surface area contributed by atoms with E-state index in [0.29, 0.717) is 32.5 Å². The van der Waals surface area contributed by atoms with Crippen molar-refractivity contribution in [3.05, 3.63) is 0 Å². The molecule has 2 saturated heterocycles. The van der Waals surface area contributed by atoms with Crippen molar-refractivity contribution in [1.29, 1.82) is 0 Å². The molecule has 0 aromatic heterocycles. The van der Waals surface area contributed by atoms with Crippen LogP contribution >= 0.6 is 12.4 Å². The van der Waals surface area contributed by atoms with Gasteiger partial charge in [-0.25, -0.2) is 4.79 Å². The summed E-state index contributed by atoms with van der Waals surface area (Å²) < 4.78 is 39.7. The molecule has 2 rings (SSSR count). The van der Waals surface area contributed by atoms with Gasteiger partial charge < -0.3 is 21.3 Å². The van der Waals surface area contributed by atoms with Crippen LogP contribution in [-0.4, -0.2) is 79.3 Å². The van der Waals surface area contributed by atoms with Gasteiger partial charge in [0.2, 0.25) is 5.91 Å². The first-order valence-corrected chi connectivity index (χ1v) is 7.66. The summed E-state index contributed by atoms with van der Waals surface area (Å²) in [7, 11) is 0. The van der Waals surface area contributed by atoms with E-state index in [2.05, 4.69) is 10.6 Å². The normalized spacial score (nSPS) is 23.5. The number of nitrogens with one attached hydrogen (secondary N) is 2. The van der Waals surface area contributed by atoms with Gasteiger partial charge in [-0.1, -0.05) is 0 Å². The Labute approximate surface area is 144 Å². The van der Waals surface area contributed by atoms with Crippen LogP contribution in [0.3, 0.4) is 0 Å². The first-order chi connectivity index (χ1) is 10.8. The molecule has 4 N–H and O–H groups in total. The fraction of sp³-hybridized carbons (Fsp3) is 0.846. The van der Waals surface area contributed by atoms with Gasteiger partial charge in [-0.3, -0.25) is 9.69 Å². The van der Waals surface area contributed by atoms with Crippen LogP contribution in [0.5, 0.6) is 0 Å². The summed E-state index contributed by atoms with van der Waals surface area (Å²) in [6.45, 7) is 1.35. The smallest absolute Gasteiger partial charge is 0.352 e. The minimum atomic E-state index is -4.43. The lowest BCUT2D eigenvalue weighted by Gasteiger charge is -2.36. The van der Waals surface area contributed by atoms with Crippen molar-refractivity contribution in [3.8, 4) is 0 Å². The molecular formula is C13H23ClF3N5O2. The highest BCUT2D eigenvalue weighted by atomic mass is 35.5. The van der Waals surface area contributed by atoms with Crippen LogP contribution in [0.2, 0.25) is 0 Å². The first-order valence-electron chi connectivity index (χ1n) is 7.66. The Morgan fingerprint density at radius 2 is 1.88 bits per heavy atom. The van der Waals surface area contributed by atoms with Gasteiger partial charge >= 0.3 is 12.2 Å². The van der Waals surface area contributed by atoms with Crippen molar-refractivity contribution in [2.24, 2.45) is 5.73 Å². The van der Waals surface area contributed by atoms with Gasteiger partial charge in [0.25, 0.3) is 0 Å². The third-order valence-electron chi connectivity index (χ3n) is 4.28. The Morgan fingerprint density at radius 1 is 1.25 bits per heavy atom. The van der Waals surface area contributed by atoms with Crippen molar-refractivity contribution >= 4 is 24.3 Å². The number of hydrogen-bond acceptors (Lipinski definition) is 4. The van der Waals surface area contributed by atoms with Gasteiger partial charge in [0.05, 0.1) is 0 Å². The number of carbonyl (C=O) groups is 2. The molecule has 0 aromatic rings. The summed E-state index contributed by atoms with van der Waals surface area (Å²) >= 11 is 0. The summed E-state index contributed by atoms with van der Waals surface area (Å²) in [6.07, 6.45) is -3.40. The van der Waals surface area contributed by atoms with Gasteiger partial charge in [0.1, 0.15) is 12.1 Å². The average Bonchev–Trinajstić information content (AvgIpc) is 2.96. The van der Waals surface area contributed by atoms with Gasteiger partial charge in [-0.2, -0.15) is 13.2 Å². The summed E-state index contributed by atoms with van der Waals surface area (Å²) in [5.41, 5.74) is 5.18. The standard InChI is InChI=1S/C13H22F3N5O2.ClH/c14-13(15,16)10(20-6-3-18-4-7-20)8-19-11(22)9-2-1-5-21(9)12(17)23;/h9-10,18H,1-8H2,(H2,17,23)(H,19,22);1H/t9-,10?;/m0./s1. The van der Waals surface area contributed by atoms with E-state index >= 15 is 0 Å². The fourth-order valence-corrected chi connectivity index (χ4v) is 3.06. The second-order valence-corrected chi connectivity index (χ2v) is 5.78. The number of rotatable bonds is 4. The van der Waals surface area contributed by atoms with Crippen LogP contribution in [0.4, 0.5) is 18.0 Å². The molecule has 0 aliphatic carbocycles. The van der Waals surface area contributed by atoms with Gasteiger partial charge in [-0.15, -0.1) is 12.4 Å². The Balaban J connectivity index is 0.00000288. The largest absolute Gasteiger partial charge is 0.405 e. The molecule has 11 heteroatoms. The van der Waals surface area contributed by atoms with E-state index in [4.69, 9.17) is 5.73 Å². The molecule has 1 unspecified atom stereocenters. The number of piperazine rings is 1. The van der Waals surface area contributed by atoms with E-state index in [1.807, 2.05) is 0 Å². The zero-order valence-corrected chi connectivity index (χ0v) is 14.0. The highest BCUT2D eigenvalue weighted by Gasteiger charge is 2.44. The lowest BCUT2D eigenvalue weighted by atomic mass is 10.1. The maximum atomic E-state index is 13.2. The minimum absolute atomic E-state index is 0. The van der Waals surface area contributed by atoms with E-state index in [1.54, 1.807) is 0 Å². The Morgan fingerprint density at radius 3 is 2.42 bits per heavy atom. The van der Waals surface area contributed by atoms with Crippen molar-refractivity contribution in [2.75, 3.05) is 39.3 Å². The average molecular weight is 374 g/mol. The van der Waals surface area contributed by atoms with Crippen molar-refractivity contribution in [2.45, 2.75) is 31.1 Å². The summed E-state index contributed by atoms with van der Waals surface area (Å²) in [5, 5.41) is 5.34. The SMILES string of the molecule is Cl.NC(=O)N1CCC[C@H]1C(=O)NCC(N1CCNCC1)C(F)(F)F. The number of urea groups is 1.